The van der Waals surface area contributed by atoms with Crippen LogP contribution in [0.1, 0.15) is 37.6 Å². The lowest BCUT2D eigenvalue weighted by atomic mass is 9.74. The van der Waals surface area contributed by atoms with Gasteiger partial charge in [0.2, 0.25) is 0 Å². The Bertz CT molecular complexity index is 816. The van der Waals surface area contributed by atoms with E-state index in [9.17, 15) is 9.18 Å². The molecule has 4 nitrogen and oxygen atoms in total. The average Bonchev–Trinajstić information content (AvgIpc) is 2.64. The molecule has 20 heavy (non-hydrogen) atoms. The molecule has 1 N–H and O–H groups in total. The van der Waals surface area contributed by atoms with Gasteiger partial charge in [-0.1, -0.05) is 13.8 Å². The maximum Gasteiger partial charge on any atom is 0.299 e. The summed E-state index contributed by atoms with van der Waals surface area (Å²) in [6, 6.07) is 3.11. The minimum Gasteiger partial charge on any atom is -0.378 e. The van der Waals surface area contributed by atoms with E-state index in [-0.39, 0.29) is 16.8 Å². The van der Waals surface area contributed by atoms with Crippen LogP contribution in [-0.2, 0) is 6.42 Å². The Morgan fingerprint density at radius 2 is 2.10 bits per heavy atom. The second-order valence-corrected chi connectivity index (χ2v) is 6.45. The first-order valence-corrected chi connectivity index (χ1v) is 6.75. The Labute approximate surface area is 115 Å². The van der Waals surface area contributed by atoms with Gasteiger partial charge in [-0.05, 0) is 30.4 Å². The van der Waals surface area contributed by atoms with Gasteiger partial charge in [0, 0.05) is 16.6 Å². The topological polar surface area (TPSA) is 54.9 Å². The van der Waals surface area contributed by atoms with E-state index in [0.717, 1.165) is 29.8 Å². The quantitative estimate of drug-likeness (QED) is 0.800. The molecular weight excluding hydrogens is 257 g/mol. The molecular formula is C15H14FN3O. The van der Waals surface area contributed by atoms with Crippen molar-refractivity contribution >= 4 is 16.5 Å². The lowest BCUT2D eigenvalue weighted by molar-refractivity contribution is 0.289. The molecule has 5 heteroatoms. The summed E-state index contributed by atoms with van der Waals surface area (Å²) in [7, 11) is 0. The fraction of sp³-hybridized carbons (Fsp3) is 0.400. The molecule has 1 atom stereocenters. The Hall–Kier alpha value is -2.04. The van der Waals surface area contributed by atoms with Crippen LogP contribution >= 0.6 is 0 Å². The number of nitrogens with zero attached hydrogens (tertiary/aromatic N) is 2. The van der Waals surface area contributed by atoms with Crippen molar-refractivity contribution < 1.29 is 4.39 Å². The number of nitrogens with one attached hydrogen (secondary N) is 1. The number of rotatable bonds is 0. The van der Waals surface area contributed by atoms with Gasteiger partial charge in [-0.15, -0.1) is 5.10 Å². The first-order valence-electron chi connectivity index (χ1n) is 6.75. The van der Waals surface area contributed by atoms with Crippen molar-refractivity contribution in [2.75, 3.05) is 5.32 Å². The van der Waals surface area contributed by atoms with Gasteiger partial charge < -0.3 is 5.32 Å². The van der Waals surface area contributed by atoms with Crippen molar-refractivity contribution in [2.24, 2.45) is 5.41 Å². The largest absolute Gasteiger partial charge is 0.378 e. The Morgan fingerprint density at radius 1 is 1.30 bits per heavy atom. The van der Waals surface area contributed by atoms with Crippen LogP contribution in [0.25, 0.3) is 10.8 Å². The molecule has 102 valence electrons. The number of aromatic nitrogens is 2. The third-order valence-electron chi connectivity index (χ3n) is 4.29. The zero-order valence-corrected chi connectivity index (χ0v) is 11.3. The molecule has 2 heterocycles. The van der Waals surface area contributed by atoms with Gasteiger partial charge in [-0.25, -0.2) is 4.39 Å². The summed E-state index contributed by atoms with van der Waals surface area (Å²) < 4.78 is 14.0. The highest BCUT2D eigenvalue weighted by molar-refractivity contribution is 5.99. The van der Waals surface area contributed by atoms with E-state index in [0.29, 0.717) is 5.39 Å². The van der Waals surface area contributed by atoms with Crippen molar-refractivity contribution in [2.45, 2.75) is 32.7 Å². The summed E-state index contributed by atoms with van der Waals surface area (Å²) in [4.78, 5) is 12.0. The summed E-state index contributed by atoms with van der Waals surface area (Å²) >= 11 is 0. The molecule has 1 aromatic carbocycles. The molecule has 2 aromatic rings. The molecule has 1 aliphatic heterocycles. The highest BCUT2D eigenvalue weighted by atomic mass is 19.1. The van der Waals surface area contributed by atoms with Gasteiger partial charge in [-0.3, -0.25) is 4.79 Å². The van der Waals surface area contributed by atoms with Crippen molar-refractivity contribution in [3.05, 3.63) is 39.6 Å². The molecule has 0 amide bonds. The standard InChI is InChI=1S/C15H14FN3O/c1-15(2)5-9-12-10(6-15)18-19-14(20)11-7(16)3-4-8(17-9)13(11)12/h3-4,9,17H,5-6H2,1-2H3. The Morgan fingerprint density at radius 3 is 2.90 bits per heavy atom. The lowest BCUT2D eigenvalue weighted by Crippen LogP contribution is -2.27. The highest BCUT2D eigenvalue weighted by Crippen LogP contribution is 2.48. The van der Waals surface area contributed by atoms with E-state index in [1.54, 1.807) is 6.07 Å². The van der Waals surface area contributed by atoms with Crippen LogP contribution in [0.4, 0.5) is 10.1 Å². The predicted molar refractivity (Wildman–Crippen MR) is 74.2 cm³/mol. The SMILES string of the molecule is CC1(C)Cc2nnc(=O)c3c(F)ccc4c3c2C(C1)N4. The van der Waals surface area contributed by atoms with Gasteiger partial charge in [0.1, 0.15) is 5.82 Å². The van der Waals surface area contributed by atoms with Crippen LogP contribution in [0.2, 0.25) is 0 Å². The maximum absolute atomic E-state index is 14.0. The number of anilines is 1. The van der Waals surface area contributed by atoms with Gasteiger partial charge >= 0.3 is 0 Å². The van der Waals surface area contributed by atoms with E-state index < -0.39 is 11.4 Å². The van der Waals surface area contributed by atoms with E-state index in [2.05, 4.69) is 29.4 Å². The summed E-state index contributed by atoms with van der Waals surface area (Å²) in [6.45, 7) is 4.34. The minimum absolute atomic E-state index is 0.0611. The van der Waals surface area contributed by atoms with Gasteiger partial charge in [0.05, 0.1) is 17.1 Å². The Kier molecular flexibility index (Phi) is 2.08. The van der Waals surface area contributed by atoms with Gasteiger partial charge in [-0.2, -0.15) is 5.10 Å². The maximum atomic E-state index is 14.0. The van der Waals surface area contributed by atoms with E-state index in [1.807, 2.05) is 0 Å². The van der Waals surface area contributed by atoms with E-state index in [1.165, 1.54) is 6.07 Å². The third-order valence-corrected chi connectivity index (χ3v) is 4.29. The zero-order valence-electron chi connectivity index (χ0n) is 11.3. The second kappa shape index (κ2) is 3.53. The Balaban J connectivity index is 2.20. The first-order chi connectivity index (χ1) is 9.46. The van der Waals surface area contributed by atoms with Crippen molar-refractivity contribution in [3.63, 3.8) is 0 Å². The number of benzene rings is 1. The fourth-order valence-corrected chi connectivity index (χ4v) is 3.54. The molecule has 0 bridgehead atoms. The monoisotopic (exact) mass is 271 g/mol. The molecule has 0 fully saturated rings. The van der Waals surface area contributed by atoms with E-state index >= 15 is 0 Å². The molecule has 1 aliphatic carbocycles. The first kappa shape index (κ1) is 11.8. The highest BCUT2D eigenvalue weighted by Gasteiger charge is 2.38. The molecule has 0 spiro atoms. The van der Waals surface area contributed by atoms with Crippen LogP contribution in [0.3, 0.4) is 0 Å². The smallest absolute Gasteiger partial charge is 0.299 e. The van der Waals surface area contributed by atoms with Gasteiger partial charge in [0.15, 0.2) is 0 Å². The normalized spacial score (nSPS) is 21.9. The van der Waals surface area contributed by atoms with Gasteiger partial charge in [0.25, 0.3) is 5.56 Å². The van der Waals surface area contributed by atoms with Crippen LogP contribution in [0.15, 0.2) is 16.9 Å². The molecule has 0 saturated carbocycles. The summed E-state index contributed by atoms with van der Waals surface area (Å²) in [5.41, 5.74) is 2.09. The second-order valence-electron chi connectivity index (χ2n) is 6.45. The average molecular weight is 271 g/mol. The van der Waals surface area contributed by atoms with Crippen LogP contribution < -0.4 is 10.9 Å². The molecule has 4 rings (SSSR count). The predicted octanol–water partition coefficient (Wildman–Crippen LogP) is 2.57. The minimum atomic E-state index is -0.589. The van der Waals surface area contributed by atoms with Crippen LogP contribution in [0, 0.1) is 11.2 Å². The fourth-order valence-electron chi connectivity index (χ4n) is 3.54. The lowest BCUT2D eigenvalue weighted by Gasteiger charge is -2.33. The zero-order chi connectivity index (χ0) is 14.1. The number of hydrogen-bond donors (Lipinski definition) is 1. The summed E-state index contributed by atoms with van der Waals surface area (Å²) in [5, 5.41) is 11.9. The molecule has 0 radical (unpaired) electrons. The number of halogens is 1. The molecule has 1 unspecified atom stereocenters. The molecule has 2 aliphatic rings. The van der Waals surface area contributed by atoms with Crippen molar-refractivity contribution in [1.29, 1.82) is 0 Å². The summed E-state index contributed by atoms with van der Waals surface area (Å²) in [6.07, 6.45) is 1.69. The third kappa shape index (κ3) is 1.43. The summed E-state index contributed by atoms with van der Waals surface area (Å²) in [5.74, 6) is -0.520. The van der Waals surface area contributed by atoms with Crippen LogP contribution in [-0.4, -0.2) is 10.2 Å². The number of hydrogen-bond acceptors (Lipinski definition) is 4. The molecule has 1 aromatic heterocycles. The van der Waals surface area contributed by atoms with Crippen molar-refractivity contribution in [1.82, 2.24) is 10.2 Å². The van der Waals surface area contributed by atoms with Crippen molar-refractivity contribution in [3.8, 4) is 0 Å². The van der Waals surface area contributed by atoms with Crippen LogP contribution in [0.5, 0.6) is 0 Å². The molecule has 0 saturated heterocycles. The van der Waals surface area contributed by atoms with E-state index in [4.69, 9.17) is 0 Å².